The summed E-state index contributed by atoms with van der Waals surface area (Å²) in [6, 6.07) is 15.3. The summed E-state index contributed by atoms with van der Waals surface area (Å²) in [5.74, 6) is 0.531. The molecule has 0 spiro atoms. The lowest BCUT2D eigenvalue weighted by molar-refractivity contribution is -0.119. The predicted octanol–water partition coefficient (Wildman–Crippen LogP) is 3.61. The van der Waals surface area contributed by atoms with Crippen LogP contribution in [0.25, 0.3) is 0 Å². The van der Waals surface area contributed by atoms with Gasteiger partial charge in [0, 0.05) is 6.61 Å². The third-order valence-corrected chi connectivity index (χ3v) is 4.65. The number of benzene rings is 2. The molecule has 2 aromatic carbocycles. The van der Waals surface area contributed by atoms with Gasteiger partial charge in [-0.25, -0.2) is 0 Å². The number of amides is 1. The highest BCUT2D eigenvalue weighted by Crippen LogP contribution is 2.25. The second kappa shape index (κ2) is 9.48. The molecule has 27 heavy (non-hydrogen) atoms. The van der Waals surface area contributed by atoms with E-state index in [4.69, 9.17) is 21.7 Å². The molecular formula is C21H24N2O3S. The van der Waals surface area contributed by atoms with Crippen LogP contribution >= 0.6 is 12.2 Å². The molecule has 142 valence electrons. The van der Waals surface area contributed by atoms with Crippen molar-refractivity contribution in [2.75, 3.05) is 18.5 Å². The molecule has 1 aliphatic rings. The standard InChI is InChI=1S/C21H24N2O3S/c1-15-7-2-3-8-16(15)13-20(24)23-21(27)22-18-10-4-5-11-19(18)26-14-17-9-6-12-25-17/h2-5,7-8,10-11,17H,6,9,12-14H2,1H3,(H2,22,23,24,27). The van der Waals surface area contributed by atoms with E-state index >= 15 is 0 Å². The zero-order chi connectivity index (χ0) is 19.1. The van der Waals surface area contributed by atoms with Gasteiger partial charge in [-0.1, -0.05) is 36.4 Å². The van der Waals surface area contributed by atoms with Gasteiger partial charge in [0.15, 0.2) is 5.11 Å². The first-order chi connectivity index (χ1) is 13.1. The van der Waals surface area contributed by atoms with Crippen molar-refractivity contribution in [2.45, 2.75) is 32.3 Å². The Bertz CT molecular complexity index is 804. The van der Waals surface area contributed by atoms with Crippen molar-refractivity contribution in [3.63, 3.8) is 0 Å². The van der Waals surface area contributed by atoms with Crippen LogP contribution in [0.15, 0.2) is 48.5 Å². The highest BCUT2D eigenvalue weighted by molar-refractivity contribution is 7.80. The Morgan fingerprint density at radius 2 is 2.00 bits per heavy atom. The molecule has 1 amide bonds. The largest absolute Gasteiger partial charge is 0.489 e. The molecule has 1 atom stereocenters. The van der Waals surface area contributed by atoms with E-state index in [1.165, 1.54) is 0 Å². The summed E-state index contributed by atoms with van der Waals surface area (Å²) >= 11 is 5.29. The SMILES string of the molecule is Cc1ccccc1CC(=O)NC(=S)Nc1ccccc1OCC1CCCO1. The molecule has 2 aromatic rings. The van der Waals surface area contributed by atoms with Crippen LogP contribution in [0.1, 0.15) is 24.0 Å². The summed E-state index contributed by atoms with van der Waals surface area (Å²) in [5, 5.41) is 6.03. The van der Waals surface area contributed by atoms with Gasteiger partial charge in [0.25, 0.3) is 0 Å². The lowest BCUT2D eigenvalue weighted by Crippen LogP contribution is -2.35. The van der Waals surface area contributed by atoms with E-state index in [9.17, 15) is 4.79 Å². The van der Waals surface area contributed by atoms with Gasteiger partial charge in [0.05, 0.1) is 18.2 Å². The van der Waals surface area contributed by atoms with Crippen LogP contribution in [-0.4, -0.2) is 30.3 Å². The number of hydrogen-bond donors (Lipinski definition) is 2. The summed E-state index contributed by atoms with van der Waals surface area (Å²) in [6.07, 6.45) is 2.51. The second-order valence-corrected chi connectivity index (χ2v) is 6.96. The van der Waals surface area contributed by atoms with Gasteiger partial charge < -0.3 is 20.1 Å². The minimum Gasteiger partial charge on any atom is -0.489 e. The molecule has 0 bridgehead atoms. The zero-order valence-electron chi connectivity index (χ0n) is 15.4. The Hall–Kier alpha value is -2.44. The Labute approximate surface area is 165 Å². The number of thiocarbonyl (C=S) groups is 1. The monoisotopic (exact) mass is 384 g/mol. The average Bonchev–Trinajstić information content (AvgIpc) is 3.16. The quantitative estimate of drug-likeness (QED) is 0.745. The van der Waals surface area contributed by atoms with Gasteiger partial charge in [-0.05, 0) is 55.2 Å². The molecule has 1 aliphatic heterocycles. The summed E-state index contributed by atoms with van der Waals surface area (Å²) in [7, 11) is 0. The summed E-state index contributed by atoms with van der Waals surface area (Å²) < 4.78 is 11.5. The van der Waals surface area contributed by atoms with E-state index < -0.39 is 0 Å². The van der Waals surface area contributed by atoms with Crippen molar-refractivity contribution in [3.05, 3.63) is 59.7 Å². The van der Waals surface area contributed by atoms with E-state index in [0.29, 0.717) is 12.4 Å². The van der Waals surface area contributed by atoms with Crippen molar-refractivity contribution in [1.82, 2.24) is 5.32 Å². The van der Waals surface area contributed by atoms with E-state index in [0.717, 1.165) is 36.3 Å². The van der Waals surface area contributed by atoms with Gasteiger partial charge in [-0.2, -0.15) is 0 Å². The smallest absolute Gasteiger partial charge is 0.230 e. The molecule has 2 N–H and O–H groups in total. The van der Waals surface area contributed by atoms with E-state index in [1.54, 1.807) is 0 Å². The second-order valence-electron chi connectivity index (χ2n) is 6.55. The van der Waals surface area contributed by atoms with Crippen LogP contribution in [0.4, 0.5) is 5.69 Å². The molecule has 0 saturated carbocycles. The third kappa shape index (κ3) is 5.77. The predicted molar refractivity (Wildman–Crippen MR) is 110 cm³/mol. The highest BCUT2D eigenvalue weighted by Gasteiger charge is 2.17. The summed E-state index contributed by atoms with van der Waals surface area (Å²) in [5.41, 5.74) is 2.79. The number of para-hydroxylation sites is 2. The van der Waals surface area contributed by atoms with Crippen LogP contribution in [0.5, 0.6) is 5.75 Å². The van der Waals surface area contributed by atoms with Gasteiger partial charge in [0.2, 0.25) is 5.91 Å². The minimum atomic E-state index is -0.153. The number of nitrogens with one attached hydrogen (secondary N) is 2. The van der Waals surface area contributed by atoms with Crippen molar-refractivity contribution >= 4 is 28.9 Å². The fourth-order valence-corrected chi connectivity index (χ4v) is 3.18. The Morgan fingerprint density at radius 1 is 1.22 bits per heavy atom. The van der Waals surface area contributed by atoms with Crippen LogP contribution in [0.3, 0.4) is 0 Å². The number of rotatable bonds is 6. The first kappa shape index (κ1) is 19.3. The minimum absolute atomic E-state index is 0.138. The Kier molecular flexibility index (Phi) is 6.79. The number of anilines is 1. The van der Waals surface area contributed by atoms with Crippen molar-refractivity contribution in [1.29, 1.82) is 0 Å². The number of aryl methyl sites for hydroxylation is 1. The van der Waals surface area contributed by atoms with Crippen molar-refractivity contribution in [3.8, 4) is 5.75 Å². The molecular weight excluding hydrogens is 360 g/mol. The number of hydrogen-bond acceptors (Lipinski definition) is 4. The summed E-state index contributed by atoms with van der Waals surface area (Å²) in [4.78, 5) is 12.3. The van der Waals surface area contributed by atoms with Gasteiger partial charge >= 0.3 is 0 Å². The molecule has 5 nitrogen and oxygen atoms in total. The fraction of sp³-hybridized carbons (Fsp3) is 0.333. The molecule has 1 saturated heterocycles. The van der Waals surface area contributed by atoms with Crippen LogP contribution in [-0.2, 0) is 16.0 Å². The Balaban J connectivity index is 1.54. The normalized spacial score (nSPS) is 16.0. The molecule has 0 radical (unpaired) electrons. The first-order valence-electron chi connectivity index (χ1n) is 9.10. The molecule has 3 rings (SSSR count). The lowest BCUT2D eigenvalue weighted by atomic mass is 10.1. The molecule has 1 unspecified atom stereocenters. The zero-order valence-corrected chi connectivity index (χ0v) is 16.2. The average molecular weight is 385 g/mol. The van der Waals surface area contributed by atoms with E-state index in [2.05, 4.69) is 10.6 Å². The topological polar surface area (TPSA) is 59.6 Å². The molecule has 0 aliphatic carbocycles. The maximum Gasteiger partial charge on any atom is 0.230 e. The molecule has 0 aromatic heterocycles. The lowest BCUT2D eigenvalue weighted by Gasteiger charge is -2.16. The highest BCUT2D eigenvalue weighted by atomic mass is 32.1. The van der Waals surface area contributed by atoms with E-state index in [-0.39, 0.29) is 23.5 Å². The molecule has 1 heterocycles. The Morgan fingerprint density at radius 3 is 2.78 bits per heavy atom. The number of ether oxygens (including phenoxy) is 2. The van der Waals surface area contributed by atoms with Crippen LogP contribution in [0, 0.1) is 6.92 Å². The first-order valence-corrected chi connectivity index (χ1v) is 9.51. The summed E-state index contributed by atoms with van der Waals surface area (Å²) in [6.45, 7) is 3.29. The van der Waals surface area contributed by atoms with E-state index in [1.807, 2.05) is 55.5 Å². The molecule has 1 fully saturated rings. The third-order valence-electron chi connectivity index (χ3n) is 4.45. The van der Waals surface area contributed by atoms with Crippen LogP contribution < -0.4 is 15.4 Å². The van der Waals surface area contributed by atoms with Gasteiger partial charge in [-0.15, -0.1) is 0 Å². The van der Waals surface area contributed by atoms with Gasteiger partial charge in [-0.3, -0.25) is 4.79 Å². The number of carbonyl (C=O) groups is 1. The van der Waals surface area contributed by atoms with Crippen molar-refractivity contribution < 1.29 is 14.3 Å². The maximum absolute atomic E-state index is 12.3. The van der Waals surface area contributed by atoms with Crippen molar-refractivity contribution in [2.24, 2.45) is 0 Å². The fourth-order valence-electron chi connectivity index (χ4n) is 2.96. The van der Waals surface area contributed by atoms with Gasteiger partial charge in [0.1, 0.15) is 12.4 Å². The number of carbonyl (C=O) groups excluding carboxylic acids is 1. The van der Waals surface area contributed by atoms with Crippen LogP contribution in [0.2, 0.25) is 0 Å². The maximum atomic E-state index is 12.3. The molecule has 6 heteroatoms.